The van der Waals surface area contributed by atoms with Gasteiger partial charge < -0.3 is 9.84 Å². The minimum Gasteiger partial charge on any atom is -0.384 e. The van der Waals surface area contributed by atoms with E-state index in [1.165, 1.54) is 12.1 Å². The van der Waals surface area contributed by atoms with Gasteiger partial charge in [0.25, 0.3) is 5.69 Å². The molecule has 0 aliphatic carbocycles. The van der Waals surface area contributed by atoms with E-state index in [4.69, 9.17) is 16.1 Å². The smallest absolute Gasteiger partial charge is 0.271 e. The van der Waals surface area contributed by atoms with Crippen molar-refractivity contribution in [3.05, 3.63) is 45.1 Å². The fraction of sp³-hybridized carbons (Fsp3) is 0.467. The molecular formula is C15H19ClN4O3. The molecule has 0 saturated carbocycles. The molecular weight excluding hydrogens is 320 g/mol. The van der Waals surface area contributed by atoms with Crippen LogP contribution in [-0.4, -0.2) is 21.6 Å². The molecule has 8 heteroatoms. The van der Waals surface area contributed by atoms with Crippen LogP contribution in [0, 0.1) is 16.0 Å². The lowest BCUT2D eigenvalue weighted by Gasteiger charge is -2.07. The minimum absolute atomic E-state index is 0.0240. The van der Waals surface area contributed by atoms with Crippen molar-refractivity contribution in [3.8, 4) is 0 Å². The van der Waals surface area contributed by atoms with E-state index in [0.29, 0.717) is 35.5 Å². The number of non-ortho nitro benzene ring substituents is 1. The van der Waals surface area contributed by atoms with E-state index in [9.17, 15) is 10.1 Å². The third kappa shape index (κ3) is 5.21. The van der Waals surface area contributed by atoms with E-state index < -0.39 is 4.92 Å². The first-order valence-electron chi connectivity index (χ1n) is 7.45. The lowest BCUT2D eigenvalue weighted by Crippen LogP contribution is -2.04. The Balaban J connectivity index is 1.79. The summed E-state index contributed by atoms with van der Waals surface area (Å²) in [5, 5.41) is 18.1. The fourth-order valence-corrected chi connectivity index (χ4v) is 2.30. The average molecular weight is 339 g/mol. The van der Waals surface area contributed by atoms with E-state index in [1.54, 1.807) is 6.07 Å². The average Bonchev–Trinajstić information content (AvgIpc) is 2.91. The van der Waals surface area contributed by atoms with Crippen molar-refractivity contribution in [1.82, 2.24) is 10.1 Å². The highest BCUT2D eigenvalue weighted by Crippen LogP contribution is 2.26. The number of hydrogen-bond donors (Lipinski definition) is 1. The summed E-state index contributed by atoms with van der Waals surface area (Å²) in [5.41, 5.74) is 0.646. The molecule has 0 spiro atoms. The first kappa shape index (κ1) is 17.2. The lowest BCUT2D eigenvalue weighted by atomic mass is 10.1. The van der Waals surface area contributed by atoms with Crippen LogP contribution in [0.15, 0.2) is 22.7 Å². The second-order valence-corrected chi connectivity index (χ2v) is 6.06. The predicted octanol–water partition coefficient (Wildman–Crippen LogP) is 3.87. The molecule has 0 aliphatic rings. The van der Waals surface area contributed by atoms with Crippen LogP contribution < -0.4 is 5.32 Å². The van der Waals surface area contributed by atoms with Crippen molar-refractivity contribution >= 4 is 23.0 Å². The number of aryl methyl sites for hydroxylation is 1. The molecule has 124 valence electrons. The number of nitro groups is 1. The number of benzene rings is 1. The third-order valence-electron chi connectivity index (χ3n) is 3.15. The van der Waals surface area contributed by atoms with Gasteiger partial charge >= 0.3 is 0 Å². The van der Waals surface area contributed by atoms with Gasteiger partial charge in [0.2, 0.25) is 5.89 Å². The van der Waals surface area contributed by atoms with Crippen molar-refractivity contribution in [3.63, 3.8) is 0 Å². The van der Waals surface area contributed by atoms with Gasteiger partial charge in [-0.15, -0.1) is 0 Å². The molecule has 2 rings (SSSR count). The largest absolute Gasteiger partial charge is 0.384 e. The maximum absolute atomic E-state index is 10.7. The summed E-state index contributed by atoms with van der Waals surface area (Å²) in [5.74, 6) is 1.85. The van der Waals surface area contributed by atoms with E-state index in [1.807, 2.05) is 0 Å². The van der Waals surface area contributed by atoms with Crippen LogP contribution in [0.4, 0.5) is 11.4 Å². The zero-order valence-corrected chi connectivity index (χ0v) is 13.8. The van der Waals surface area contributed by atoms with Gasteiger partial charge in [-0.3, -0.25) is 10.1 Å². The Hall–Kier alpha value is -2.15. The van der Waals surface area contributed by atoms with Crippen LogP contribution in [0.5, 0.6) is 0 Å². The van der Waals surface area contributed by atoms with Crippen LogP contribution in [0.2, 0.25) is 5.02 Å². The normalized spacial score (nSPS) is 11.0. The molecule has 0 amide bonds. The Morgan fingerprint density at radius 2 is 2.22 bits per heavy atom. The predicted molar refractivity (Wildman–Crippen MR) is 87.8 cm³/mol. The molecule has 1 heterocycles. The summed E-state index contributed by atoms with van der Waals surface area (Å²) >= 11 is 6.01. The van der Waals surface area contributed by atoms with E-state index in [-0.39, 0.29) is 5.69 Å². The molecule has 0 atom stereocenters. The first-order valence-corrected chi connectivity index (χ1v) is 7.82. The SMILES string of the molecule is CC(C)Cc1noc(CCCNc2ccc([N+](=O)[O-])cc2Cl)n1. The maximum Gasteiger partial charge on any atom is 0.271 e. The molecule has 0 bridgehead atoms. The molecule has 23 heavy (non-hydrogen) atoms. The number of hydrogen-bond acceptors (Lipinski definition) is 6. The number of halogens is 1. The van der Waals surface area contributed by atoms with E-state index >= 15 is 0 Å². The Labute approximate surface area is 139 Å². The molecule has 2 aromatic rings. The number of rotatable bonds is 8. The van der Waals surface area contributed by atoms with E-state index in [0.717, 1.165) is 18.7 Å². The zero-order valence-electron chi connectivity index (χ0n) is 13.1. The van der Waals surface area contributed by atoms with Gasteiger partial charge in [-0.2, -0.15) is 4.98 Å². The van der Waals surface area contributed by atoms with Crippen molar-refractivity contribution in [2.45, 2.75) is 33.1 Å². The van der Waals surface area contributed by atoms with Crippen molar-refractivity contribution in [1.29, 1.82) is 0 Å². The summed E-state index contributed by atoms with van der Waals surface area (Å²) in [6.07, 6.45) is 2.26. The molecule has 1 aromatic heterocycles. The molecule has 0 fully saturated rings. The van der Waals surface area contributed by atoms with E-state index in [2.05, 4.69) is 29.3 Å². The van der Waals surface area contributed by atoms with Gasteiger partial charge in [0.15, 0.2) is 5.82 Å². The Morgan fingerprint density at radius 3 is 2.87 bits per heavy atom. The first-order chi connectivity index (χ1) is 11.0. The second kappa shape index (κ2) is 7.92. The Kier molecular flexibility index (Phi) is 5.92. The molecule has 7 nitrogen and oxygen atoms in total. The van der Waals surface area contributed by atoms with Gasteiger partial charge in [0.05, 0.1) is 15.6 Å². The zero-order chi connectivity index (χ0) is 16.8. The monoisotopic (exact) mass is 338 g/mol. The minimum atomic E-state index is -0.472. The summed E-state index contributed by atoms with van der Waals surface area (Å²) in [7, 11) is 0. The van der Waals surface area contributed by atoms with Crippen LogP contribution in [0.25, 0.3) is 0 Å². The summed E-state index contributed by atoms with van der Waals surface area (Å²) < 4.78 is 5.19. The highest BCUT2D eigenvalue weighted by molar-refractivity contribution is 6.33. The lowest BCUT2D eigenvalue weighted by molar-refractivity contribution is -0.384. The standard InChI is InChI=1S/C15H19ClN4O3/c1-10(2)8-14-18-15(23-19-14)4-3-7-17-13-6-5-11(20(21)22)9-12(13)16/h5-6,9-10,17H,3-4,7-8H2,1-2H3. The number of aromatic nitrogens is 2. The third-order valence-corrected chi connectivity index (χ3v) is 3.46. The van der Waals surface area contributed by atoms with Crippen LogP contribution in [0.3, 0.4) is 0 Å². The Bertz CT molecular complexity index is 672. The van der Waals surface area contributed by atoms with Gasteiger partial charge in [0.1, 0.15) is 0 Å². The molecule has 0 radical (unpaired) electrons. The fourth-order valence-electron chi connectivity index (χ4n) is 2.06. The topological polar surface area (TPSA) is 94.1 Å². The summed E-state index contributed by atoms with van der Waals surface area (Å²) in [4.78, 5) is 14.5. The Morgan fingerprint density at radius 1 is 1.43 bits per heavy atom. The van der Waals surface area contributed by atoms with Gasteiger partial charge in [0, 0.05) is 31.5 Å². The number of nitrogens with zero attached hydrogens (tertiary/aromatic N) is 3. The van der Waals surface area contributed by atoms with Crippen molar-refractivity contribution < 1.29 is 9.45 Å². The quantitative estimate of drug-likeness (QED) is 0.446. The van der Waals surface area contributed by atoms with Crippen LogP contribution in [0.1, 0.15) is 32.0 Å². The summed E-state index contributed by atoms with van der Waals surface area (Å²) in [6, 6.07) is 4.36. The van der Waals surface area contributed by atoms with Gasteiger partial charge in [-0.05, 0) is 18.4 Å². The van der Waals surface area contributed by atoms with Gasteiger partial charge in [-0.1, -0.05) is 30.6 Å². The number of nitro benzene ring substituents is 1. The van der Waals surface area contributed by atoms with Crippen molar-refractivity contribution in [2.24, 2.45) is 5.92 Å². The molecule has 0 aliphatic heterocycles. The summed E-state index contributed by atoms with van der Waals surface area (Å²) in [6.45, 7) is 4.86. The highest BCUT2D eigenvalue weighted by atomic mass is 35.5. The highest BCUT2D eigenvalue weighted by Gasteiger charge is 2.10. The molecule has 0 unspecified atom stereocenters. The van der Waals surface area contributed by atoms with Crippen LogP contribution in [-0.2, 0) is 12.8 Å². The maximum atomic E-state index is 10.7. The molecule has 1 N–H and O–H groups in total. The number of anilines is 1. The number of nitrogens with one attached hydrogen (secondary N) is 1. The van der Waals surface area contributed by atoms with Crippen molar-refractivity contribution in [2.75, 3.05) is 11.9 Å². The molecule has 1 aromatic carbocycles. The molecule has 0 saturated heterocycles. The van der Waals surface area contributed by atoms with Crippen LogP contribution >= 0.6 is 11.6 Å². The van der Waals surface area contributed by atoms with Gasteiger partial charge in [-0.25, -0.2) is 0 Å². The second-order valence-electron chi connectivity index (χ2n) is 5.65.